The molecule has 0 aliphatic heterocycles. The molecule has 1 heterocycles. The number of carbonyl (C=O) groups is 1. The van der Waals surface area contributed by atoms with E-state index < -0.39 is 0 Å². The molecule has 4 heteroatoms. The Bertz CT molecular complexity index is 359. The summed E-state index contributed by atoms with van der Waals surface area (Å²) >= 11 is 4.96. The Kier molecular flexibility index (Phi) is 2.43. The van der Waals surface area contributed by atoms with Gasteiger partial charge in [-0.25, -0.2) is 0 Å². The van der Waals surface area contributed by atoms with Crippen LogP contribution in [0.2, 0.25) is 0 Å². The third kappa shape index (κ3) is 1.53. The molecule has 2 N–H and O–H groups in total. The maximum atomic E-state index is 11.1. The van der Waals surface area contributed by atoms with Crippen molar-refractivity contribution in [2.75, 3.05) is 0 Å². The summed E-state index contributed by atoms with van der Waals surface area (Å²) in [7, 11) is 0. The van der Waals surface area contributed by atoms with Crippen LogP contribution in [0.5, 0.6) is 0 Å². The standard InChI is InChI=1S/C9H10BrNOS/c10-8-6-4-2-1-3-5(6)7(13-8)9(11)12/h1-4H2,(H2,11,12). The number of primary amides is 1. The fourth-order valence-corrected chi connectivity index (χ4v) is 3.68. The third-order valence-electron chi connectivity index (χ3n) is 2.39. The minimum Gasteiger partial charge on any atom is -0.365 e. The van der Waals surface area contributed by atoms with E-state index in [0.717, 1.165) is 21.5 Å². The number of halogens is 1. The molecule has 0 atom stereocenters. The van der Waals surface area contributed by atoms with Crippen LogP contribution >= 0.6 is 27.3 Å². The molecular weight excluding hydrogens is 250 g/mol. The van der Waals surface area contributed by atoms with Crippen molar-refractivity contribution in [1.29, 1.82) is 0 Å². The minimum absolute atomic E-state index is 0.283. The number of thiophene rings is 1. The molecular formula is C9H10BrNOS. The zero-order chi connectivity index (χ0) is 9.42. The Morgan fingerprint density at radius 2 is 1.92 bits per heavy atom. The number of fused-ring (bicyclic) bond motifs is 1. The zero-order valence-electron chi connectivity index (χ0n) is 7.10. The fourth-order valence-electron chi connectivity index (χ4n) is 1.78. The van der Waals surface area contributed by atoms with Crippen LogP contribution in [0.15, 0.2) is 3.79 Å². The predicted octanol–water partition coefficient (Wildman–Crippen LogP) is 2.49. The molecule has 0 spiro atoms. The van der Waals surface area contributed by atoms with E-state index in [0.29, 0.717) is 0 Å². The lowest BCUT2D eigenvalue weighted by atomic mass is 9.94. The average Bonchev–Trinajstić information content (AvgIpc) is 2.45. The van der Waals surface area contributed by atoms with Gasteiger partial charge in [-0.2, -0.15) is 0 Å². The summed E-state index contributed by atoms with van der Waals surface area (Å²) < 4.78 is 1.09. The molecule has 1 amide bonds. The predicted molar refractivity (Wildman–Crippen MR) is 57.2 cm³/mol. The van der Waals surface area contributed by atoms with Crippen molar-refractivity contribution >= 4 is 33.2 Å². The van der Waals surface area contributed by atoms with E-state index >= 15 is 0 Å². The maximum absolute atomic E-state index is 11.1. The second kappa shape index (κ2) is 3.42. The lowest BCUT2D eigenvalue weighted by Crippen LogP contribution is -2.13. The molecule has 1 aliphatic carbocycles. The summed E-state index contributed by atoms with van der Waals surface area (Å²) in [6.45, 7) is 0. The second-order valence-corrected chi connectivity index (χ2v) is 5.57. The average molecular weight is 260 g/mol. The third-order valence-corrected chi connectivity index (χ3v) is 4.44. The molecule has 0 radical (unpaired) electrons. The summed E-state index contributed by atoms with van der Waals surface area (Å²) in [5, 5.41) is 0. The van der Waals surface area contributed by atoms with E-state index in [1.165, 1.54) is 35.3 Å². The number of amides is 1. The van der Waals surface area contributed by atoms with Gasteiger partial charge in [0.2, 0.25) is 0 Å². The number of hydrogen-bond donors (Lipinski definition) is 1. The van der Waals surface area contributed by atoms with Crippen molar-refractivity contribution in [3.63, 3.8) is 0 Å². The fraction of sp³-hybridized carbons (Fsp3) is 0.444. The smallest absolute Gasteiger partial charge is 0.259 e. The quantitative estimate of drug-likeness (QED) is 0.828. The Morgan fingerprint density at radius 3 is 2.54 bits per heavy atom. The maximum Gasteiger partial charge on any atom is 0.259 e. The van der Waals surface area contributed by atoms with Gasteiger partial charge in [0, 0.05) is 0 Å². The van der Waals surface area contributed by atoms with Gasteiger partial charge in [-0.15, -0.1) is 11.3 Å². The Labute approximate surface area is 89.3 Å². The first-order chi connectivity index (χ1) is 6.20. The van der Waals surface area contributed by atoms with E-state index in [9.17, 15) is 4.79 Å². The van der Waals surface area contributed by atoms with Gasteiger partial charge in [0.25, 0.3) is 5.91 Å². The monoisotopic (exact) mass is 259 g/mol. The van der Waals surface area contributed by atoms with Crippen molar-refractivity contribution in [3.8, 4) is 0 Å². The molecule has 1 aromatic heterocycles. The van der Waals surface area contributed by atoms with Crippen molar-refractivity contribution in [3.05, 3.63) is 19.8 Å². The molecule has 0 saturated heterocycles. The molecule has 1 aliphatic rings. The van der Waals surface area contributed by atoms with Crippen LogP contribution in [0.25, 0.3) is 0 Å². The molecule has 0 unspecified atom stereocenters. The van der Waals surface area contributed by atoms with Crippen LogP contribution < -0.4 is 5.73 Å². The lowest BCUT2D eigenvalue weighted by molar-refractivity contribution is 0.100. The van der Waals surface area contributed by atoms with Gasteiger partial charge >= 0.3 is 0 Å². The van der Waals surface area contributed by atoms with E-state index in [1.807, 2.05) is 0 Å². The summed E-state index contributed by atoms with van der Waals surface area (Å²) in [6, 6.07) is 0. The van der Waals surface area contributed by atoms with E-state index in [4.69, 9.17) is 5.73 Å². The molecule has 13 heavy (non-hydrogen) atoms. The number of hydrogen-bond acceptors (Lipinski definition) is 2. The summed E-state index contributed by atoms with van der Waals surface area (Å²) in [4.78, 5) is 11.8. The molecule has 0 aromatic carbocycles. The van der Waals surface area contributed by atoms with Crippen LogP contribution in [0.3, 0.4) is 0 Å². The van der Waals surface area contributed by atoms with Crippen LogP contribution in [-0.2, 0) is 12.8 Å². The summed E-state index contributed by atoms with van der Waals surface area (Å²) in [5.41, 5.74) is 7.80. The minimum atomic E-state index is -0.283. The Morgan fingerprint density at radius 1 is 1.31 bits per heavy atom. The molecule has 1 aromatic rings. The lowest BCUT2D eigenvalue weighted by Gasteiger charge is -2.11. The first kappa shape index (κ1) is 9.21. The van der Waals surface area contributed by atoms with Gasteiger partial charge in [-0.05, 0) is 52.7 Å². The topological polar surface area (TPSA) is 43.1 Å². The molecule has 2 rings (SSSR count). The first-order valence-corrected chi connectivity index (χ1v) is 5.91. The Balaban J connectivity index is 2.53. The van der Waals surface area contributed by atoms with Gasteiger partial charge in [0.15, 0.2) is 0 Å². The normalized spacial score (nSPS) is 15.5. The van der Waals surface area contributed by atoms with Crippen molar-refractivity contribution in [2.45, 2.75) is 25.7 Å². The van der Waals surface area contributed by atoms with Crippen LogP contribution in [0, 0.1) is 0 Å². The number of rotatable bonds is 1. The second-order valence-electron chi connectivity index (χ2n) is 3.23. The molecule has 0 saturated carbocycles. The zero-order valence-corrected chi connectivity index (χ0v) is 9.50. The molecule has 2 nitrogen and oxygen atoms in total. The number of carbonyl (C=O) groups excluding carboxylic acids is 1. The highest BCUT2D eigenvalue weighted by Crippen LogP contribution is 2.37. The Hall–Kier alpha value is -0.350. The first-order valence-electron chi connectivity index (χ1n) is 4.30. The highest BCUT2D eigenvalue weighted by molar-refractivity contribution is 9.11. The molecule has 0 bridgehead atoms. The summed E-state index contributed by atoms with van der Waals surface area (Å²) in [6.07, 6.45) is 4.49. The van der Waals surface area contributed by atoms with Gasteiger partial charge in [0.1, 0.15) is 0 Å². The molecule has 70 valence electrons. The molecule has 0 fully saturated rings. The highest BCUT2D eigenvalue weighted by atomic mass is 79.9. The van der Waals surface area contributed by atoms with Crippen molar-refractivity contribution < 1.29 is 4.79 Å². The van der Waals surface area contributed by atoms with Gasteiger partial charge in [-0.1, -0.05) is 0 Å². The number of nitrogens with two attached hydrogens (primary N) is 1. The van der Waals surface area contributed by atoms with Gasteiger partial charge in [0.05, 0.1) is 8.66 Å². The van der Waals surface area contributed by atoms with Crippen LogP contribution in [-0.4, -0.2) is 5.91 Å². The van der Waals surface area contributed by atoms with E-state index in [1.54, 1.807) is 0 Å². The van der Waals surface area contributed by atoms with E-state index in [-0.39, 0.29) is 5.91 Å². The van der Waals surface area contributed by atoms with Crippen molar-refractivity contribution in [1.82, 2.24) is 0 Å². The van der Waals surface area contributed by atoms with Gasteiger partial charge in [-0.3, -0.25) is 4.79 Å². The van der Waals surface area contributed by atoms with E-state index in [2.05, 4.69) is 15.9 Å². The summed E-state index contributed by atoms with van der Waals surface area (Å²) in [5.74, 6) is -0.283. The van der Waals surface area contributed by atoms with Crippen LogP contribution in [0.4, 0.5) is 0 Å². The van der Waals surface area contributed by atoms with Crippen LogP contribution in [0.1, 0.15) is 33.6 Å². The van der Waals surface area contributed by atoms with Gasteiger partial charge < -0.3 is 5.73 Å². The SMILES string of the molecule is NC(=O)c1sc(Br)c2c1CCCC2. The highest BCUT2D eigenvalue weighted by Gasteiger charge is 2.21. The van der Waals surface area contributed by atoms with Crippen molar-refractivity contribution in [2.24, 2.45) is 5.73 Å². The largest absolute Gasteiger partial charge is 0.365 e.